The van der Waals surface area contributed by atoms with E-state index in [1.807, 2.05) is 19.9 Å². The molecule has 0 saturated heterocycles. The number of carbonyl (C=O) groups excluding carboxylic acids is 3. The number of aryl methyl sites for hydroxylation is 2. The Morgan fingerprint density at radius 3 is 2.00 bits per heavy atom. The molecule has 0 bridgehead atoms. The highest BCUT2D eigenvalue weighted by Gasteiger charge is 2.33. The predicted octanol–water partition coefficient (Wildman–Crippen LogP) is 9.82. The summed E-state index contributed by atoms with van der Waals surface area (Å²) in [7, 11) is 0. The lowest BCUT2D eigenvalue weighted by atomic mass is 9.71. The van der Waals surface area contributed by atoms with Gasteiger partial charge in [0.2, 0.25) is 0 Å². The van der Waals surface area contributed by atoms with Gasteiger partial charge in [-0.25, -0.2) is 0 Å². The number of carbonyl (C=O) groups is 3. The Morgan fingerprint density at radius 2 is 1.53 bits per heavy atom. The van der Waals surface area contributed by atoms with Crippen LogP contribution in [0.25, 0.3) is 0 Å². The van der Waals surface area contributed by atoms with Crippen LogP contribution >= 0.6 is 0 Å². The van der Waals surface area contributed by atoms with Crippen molar-refractivity contribution in [3.63, 3.8) is 0 Å². The standard InChI is InChI=1S/C24H34O3.C8H16.C3H8/c1-6-8-19(20(7-2)22(26)11-17(5)25)12-18-13-21-15(3)9-10-16(4)24(21)23(27)14-18;1-8(2)6-4-3-5-7-8;1-3-2/h9-10,18-20H,6-8,11-14H2,1-5H3;3-7H2,1-2H3;3H2,1-2H3. The Balaban J connectivity index is 0.000000545. The molecule has 0 aliphatic heterocycles. The molecule has 0 aromatic heterocycles. The van der Waals surface area contributed by atoms with Gasteiger partial charge in [-0.3, -0.25) is 14.4 Å². The van der Waals surface area contributed by atoms with E-state index in [0.29, 0.717) is 17.8 Å². The molecule has 0 amide bonds. The summed E-state index contributed by atoms with van der Waals surface area (Å²) >= 11 is 0. The maximum absolute atomic E-state index is 12.8. The first kappa shape index (κ1) is 34.3. The molecule has 3 atom stereocenters. The third-order valence-electron chi connectivity index (χ3n) is 8.35. The van der Waals surface area contributed by atoms with E-state index in [1.54, 1.807) is 0 Å². The first-order valence-electron chi connectivity index (χ1n) is 15.5. The lowest BCUT2D eigenvalue weighted by Gasteiger charge is -2.32. The number of benzene rings is 1. The Hall–Kier alpha value is -1.77. The van der Waals surface area contributed by atoms with Crippen LogP contribution in [0.15, 0.2) is 12.1 Å². The molecule has 3 nitrogen and oxygen atoms in total. The van der Waals surface area contributed by atoms with Crippen molar-refractivity contribution in [2.75, 3.05) is 0 Å². The Morgan fingerprint density at radius 1 is 0.947 bits per heavy atom. The van der Waals surface area contributed by atoms with Gasteiger partial charge in [0, 0.05) is 17.9 Å². The predicted molar refractivity (Wildman–Crippen MR) is 162 cm³/mol. The van der Waals surface area contributed by atoms with Crippen molar-refractivity contribution in [3.8, 4) is 0 Å². The molecule has 2 aliphatic rings. The fourth-order valence-electron chi connectivity index (χ4n) is 6.40. The second-order valence-electron chi connectivity index (χ2n) is 12.8. The highest BCUT2D eigenvalue weighted by molar-refractivity contribution is 6.00. The molecule has 2 aliphatic carbocycles. The molecule has 0 radical (unpaired) electrons. The monoisotopic (exact) mass is 526 g/mol. The summed E-state index contributed by atoms with van der Waals surface area (Å²) < 4.78 is 0. The second-order valence-corrected chi connectivity index (χ2v) is 12.8. The van der Waals surface area contributed by atoms with Crippen LogP contribution in [-0.2, 0) is 16.0 Å². The fraction of sp³-hybridized carbons (Fsp3) is 0.743. The van der Waals surface area contributed by atoms with Crippen molar-refractivity contribution < 1.29 is 14.4 Å². The van der Waals surface area contributed by atoms with Gasteiger partial charge >= 0.3 is 0 Å². The van der Waals surface area contributed by atoms with Crippen LogP contribution in [0.2, 0.25) is 0 Å². The zero-order valence-electron chi connectivity index (χ0n) is 26.3. The molecule has 1 saturated carbocycles. The summed E-state index contributed by atoms with van der Waals surface area (Å²) in [6, 6.07) is 4.15. The van der Waals surface area contributed by atoms with E-state index in [0.717, 1.165) is 43.2 Å². The summed E-state index contributed by atoms with van der Waals surface area (Å²) in [6.07, 6.45) is 13.8. The average Bonchev–Trinajstić information content (AvgIpc) is 2.82. The van der Waals surface area contributed by atoms with E-state index >= 15 is 0 Å². The van der Waals surface area contributed by atoms with Crippen molar-refractivity contribution in [1.29, 1.82) is 0 Å². The van der Waals surface area contributed by atoms with Gasteiger partial charge in [-0.1, -0.05) is 92.2 Å². The van der Waals surface area contributed by atoms with Gasteiger partial charge in [0.25, 0.3) is 0 Å². The summed E-state index contributed by atoms with van der Waals surface area (Å²) in [5.41, 5.74) is 5.08. The van der Waals surface area contributed by atoms with Crippen LogP contribution in [0.4, 0.5) is 0 Å². The molecule has 38 heavy (non-hydrogen) atoms. The summed E-state index contributed by atoms with van der Waals surface area (Å²) in [4.78, 5) is 36.9. The van der Waals surface area contributed by atoms with Gasteiger partial charge in [0.05, 0.1) is 6.42 Å². The van der Waals surface area contributed by atoms with Gasteiger partial charge in [0.1, 0.15) is 11.6 Å². The maximum Gasteiger partial charge on any atom is 0.163 e. The molecule has 1 aromatic carbocycles. The quantitative estimate of drug-likeness (QED) is 0.301. The third kappa shape index (κ3) is 11.1. The van der Waals surface area contributed by atoms with Gasteiger partial charge in [-0.2, -0.15) is 0 Å². The zero-order valence-corrected chi connectivity index (χ0v) is 26.3. The van der Waals surface area contributed by atoms with E-state index in [-0.39, 0.29) is 35.6 Å². The minimum absolute atomic E-state index is 0.0451. The molecule has 1 aromatic rings. The number of Topliss-reactive ketones (excluding diaryl/α,β-unsaturated/α-hetero) is 3. The molecule has 216 valence electrons. The average molecular weight is 527 g/mol. The Kier molecular flexibility index (Phi) is 15.4. The molecule has 0 N–H and O–H groups in total. The lowest BCUT2D eigenvalue weighted by Crippen LogP contribution is -2.30. The normalized spacial score (nSPS) is 19.6. The fourth-order valence-corrected chi connectivity index (χ4v) is 6.40. The number of fused-ring (bicyclic) bond motifs is 1. The van der Waals surface area contributed by atoms with E-state index in [9.17, 15) is 14.4 Å². The second kappa shape index (κ2) is 17.0. The molecular formula is C35H58O3. The zero-order chi connectivity index (χ0) is 28.9. The number of ketones is 3. The van der Waals surface area contributed by atoms with Gasteiger partial charge in [0.15, 0.2) is 5.78 Å². The highest BCUT2D eigenvalue weighted by Crippen LogP contribution is 2.37. The van der Waals surface area contributed by atoms with E-state index in [1.165, 1.54) is 56.6 Å². The van der Waals surface area contributed by atoms with Crippen LogP contribution < -0.4 is 0 Å². The van der Waals surface area contributed by atoms with Crippen molar-refractivity contribution in [2.45, 2.75) is 146 Å². The number of rotatable bonds is 9. The molecule has 0 heterocycles. The highest BCUT2D eigenvalue weighted by atomic mass is 16.1. The van der Waals surface area contributed by atoms with Gasteiger partial charge < -0.3 is 0 Å². The SMILES string of the molecule is CC1(C)CCCCC1.CCC.CCCC(CC1CC(=O)c2c(C)ccc(C)c2C1)C(CC)C(=O)CC(C)=O. The van der Waals surface area contributed by atoms with E-state index < -0.39 is 0 Å². The van der Waals surface area contributed by atoms with Crippen LogP contribution in [0, 0.1) is 37.0 Å². The number of hydrogen-bond acceptors (Lipinski definition) is 3. The van der Waals surface area contributed by atoms with E-state index in [4.69, 9.17) is 0 Å². The molecular weight excluding hydrogens is 468 g/mol. The van der Waals surface area contributed by atoms with Crippen LogP contribution in [0.1, 0.15) is 153 Å². The first-order chi connectivity index (χ1) is 17.9. The van der Waals surface area contributed by atoms with Gasteiger partial charge in [-0.05, 0) is 86.8 Å². The molecule has 3 unspecified atom stereocenters. The summed E-state index contributed by atoms with van der Waals surface area (Å²) in [5.74, 6) is 0.766. The van der Waals surface area contributed by atoms with Crippen molar-refractivity contribution in [2.24, 2.45) is 23.2 Å². The van der Waals surface area contributed by atoms with Crippen molar-refractivity contribution in [3.05, 3.63) is 34.4 Å². The summed E-state index contributed by atoms with van der Waals surface area (Å²) in [5, 5.41) is 0. The Bertz CT molecular complexity index is 887. The summed E-state index contributed by atoms with van der Waals surface area (Å²) in [6.45, 7) is 18.8. The largest absolute Gasteiger partial charge is 0.300 e. The molecule has 0 spiro atoms. The van der Waals surface area contributed by atoms with Crippen LogP contribution in [0.3, 0.4) is 0 Å². The Labute approximate surface area is 234 Å². The lowest BCUT2D eigenvalue weighted by molar-refractivity contribution is -0.129. The smallest absolute Gasteiger partial charge is 0.163 e. The van der Waals surface area contributed by atoms with Crippen LogP contribution in [-0.4, -0.2) is 17.3 Å². The third-order valence-corrected chi connectivity index (χ3v) is 8.35. The first-order valence-corrected chi connectivity index (χ1v) is 15.5. The van der Waals surface area contributed by atoms with Crippen molar-refractivity contribution in [1.82, 2.24) is 0 Å². The maximum atomic E-state index is 12.8. The molecule has 1 fully saturated rings. The van der Waals surface area contributed by atoms with Crippen molar-refractivity contribution >= 4 is 17.3 Å². The molecule has 3 rings (SSSR count). The van der Waals surface area contributed by atoms with Gasteiger partial charge in [-0.15, -0.1) is 0 Å². The topological polar surface area (TPSA) is 51.2 Å². The minimum Gasteiger partial charge on any atom is -0.300 e. The molecule has 3 heteroatoms. The number of hydrogen-bond donors (Lipinski definition) is 0. The van der Waals surface area contributed by atoms with E-state index in [2.05, 4.69) is 47.6 Å². The van der Waals surface area contributed by atoms with Crippen LogP contribution in [0.5, 0.6) is 0 Å². The minimum atomic E-state index is -0.0658.